The molecule has 5 heteroatoms. The minimum Gasteiger partial charge on any atom is -0.372 e. The van der Waals surface area contributed by atoms with Crippen LogP contribution >= 0.6 is 0 Å². The number of carbonyl (C=O) groups excluding carboxylic acids is 1. The second kappa shape index (κ2) is 9.85. The molecule has 0 radical (unpaired) electrons. The lowest BCUT2D eigenvalue weighted by Gasteiger charge is -2.36. The summed E-state index contributed by atoms with van der Waals surface area (Å²) in [6, 6.07) is 0. The van der Waals surface area contributed by atoms with E-state index in [2.05, 4.69) is 30.7 Å². The summed E-state index contributed by atoms with van der Waals surface area (Å²) in [4.78, 5) is 11.5. The highest BCUT2D eigenvalue weighted by Crippen LogP contribution is 2.23. The molecule has 2 aliphatic rings. The Bertz CT molecular complexity index is 392. The molecule has 2 N–H and O–H groups in total. The molecule has 2 fully saturated rings. The zero-order chi connectivity index (χ0) is 17.2. The van der Waals surface area contributed by atoms with E-state index in [1.807, 2.05) is 13.0 Å². The lowest BCUT2D eigenvalue weighted by molar-refractivity contribution is -0.154. The van der Waals surface area contributed by atoms with Gasteiger partial charge in [-0.25, -0.2) is 0 Å². The molecule has 0 bridgehead atoms. The monoisotopic (exact) mass is 324 g/mol. The molecule has 2 rings (SSSR count). The number of carbonyl (C=O) groups is 1. The Labute approximate surface area is 140 Å². The van der Waals surface area contributed by atoms with Crippen LogP contribution in [0.4, 0.5) is 0 Å². The summed E-state index contributed by atoms with van der Waals surface area (Å²) in [5.74, 6) is -0.00356. The third kappa shape index (κ3) is 5.44. The molecule has 23 heavy (non-hydrogen) atoms. The van der Waals surface area contributed by atoms with Crippen molar-refractivity contribution in [3.05, 3.63) is 25.3 Å². The van der Waals surface area contributed by atoms with E-state index in [-0.39, 0.29) is 11.5 Å². The van der Waals surface area contributed by atoms with Crippen LogP contribution in [0.25, 0.3) is 0 Å². The number of hydrogen-bond donors (Lipinski definition) is 2. The Morgan fingerprint density at radius 1 is 1.09 bits per heavy atom. The molecule has 0 unspecified atom stereocenters. The Kier molecular flexibility index (Phi) is 8.52. The van der Waals surface area contributed by atoms with Gasteiger partial charge in [-0.15, -0.1) is 13.2 Å². The standard InChI is InChI=1S/C9H15NO2.C9H17NO/c1-3-5-9(4-2)8(11)10-6-7-12-9;1-3-5-9(4-2)8-10-6-7-11-9/h3H,1,4-7H2,2H3,(H,10,11);3,10H,1,4-8H2,2H3/t2*9-/m11/s1. The number of rotatable bonds is 6. The fourth-order valence-electron chi connectivity index (χ4n) is 2.90. The van der Waals surface area contributed by atoms with Crippen LogP contribution in [0, 0.1) is 0 Å². The van der Waals surface area contributed by atoms with E-state index in [4.69, 9.17) is 9.47 Å². The molecule has 0 aromatic carbocycles. The van der Waals surface area contributed by atoms with Gasteiger partial charge in [0.1, 0.15) is 5.60 Å². The molecule has 2 heterocycles. The maximum atomic E-state index is 11.5. The molecular formula is C18H32N2O3. The molecule has 0 aliphatic carbocycles. The van der Waals surface area contributed by atoms with Crippen molar-refractivity contribution in [1.29, 1.82) is 0 Å². The van der Waals surface area contributed by atoms with Crippen LogP contribution < -0.4 is 10.6 Å². The highest BCUT2D eigenvalue weighted by Gasteiger charge is 2.38. The predicted octanol–water partition coefficient (Wildman–Crippen LogP) is 2.19. The van der Waals surface area contributed by atoms with Crippen LogP contribution in [-0.4, -0.2) is 50.0 Å². The van der Waals surface area contributed by atoms with Gasteiger partial charge < -0.3 is 20.1 Å². The summed E-state index contributed by atoms with van der Waals surface area (Å²) in [6.45, 7) is 15.5. The second-order valence-electron chi connectivity index (χ2n) is 6.00. The molecule has 1 amide bonds. The minimum absolute atomic E-state index is 0.00356. The van der Waals surface area contributed by atoms with Crippen LogP contribution in [0.15, 0.2) is 25.3 Å². The molecule has 0 aromatic heterocycles. The van der Waals surface area contributed by atoms with Gasteiger partial charge in [-0.05, 0) is 19.3 Å². The predicted molar refractivity (Wildman–Crippen MR) is 93.5 cm³/mol. The fraction of sp³-hybridized carbons (Fsp3) is 0.722. The zero-order valence-electron chi connectivity index (χ0n) is 14.7. The van der Waals surface area contributed by atoms with Crippen molar-refractivity contribution in [1.82, 2.24) is 10.6 Å². The van der Waals surface area contributed by atoms with E-state index in [0.29, 0.717) is 26.0 Å². The normalized spacial score (nSPS) is 30.6. The summed E-state index contributed by atoms with van der Waals surface area (Å²) < 4.78 is 11.2. The van der Waals surface area contributed by atoms with Gasteiger partial charge >= 0.3 is 0 Å². The Hall–Kier alpha value is -1.17. The average Bonchev–Trinajstić information content (AvgIpc) is 2.59. The first kappa shape index (κ1) is 19.9. The third-order valence-corrected chi connectivity index (χ3v) is 4.52. The van der Waals surface area contributed by atoms with Gasteiger partial charge in [0, 0.05) is 26.1 Å². The van der Waals surface area contributed by atoms with Gasteiger partial charge in [0.05, 0.1) is 18.8 Å². The number of amides is 1. The lowest BCUT2D eigenvalue weighted by Crippen LogP contribution is -2.54. The highest BCUT2D eigenvalue weighted by molar-refractivity contribution is 5.85. The lowest BCUT2D eigenvalue weighted by atomic mass is 9.94. The molecule has 2 aliphatic heterocycles. The van der Waals surface area contributed by atoms with E-state index < -0.39 is 5.60 Å². The molecule has 132 valence electrons. The largest absolute Gasteiger partial charge is 0.372 e. The maximum absolute atomic E-state index is 11.5. The zero-order valence-corrected chi connectivity index (χ0v) is 14.7. The molecule has 2 atom stereocenters. The smallest absolute Gasteiger partial charge is 0.252 e. The van der Waals surface area contributed by atoms with Gasteiger partial charge in [0.15, 0.2) is 0 Å². The van der Waals surface area contributed by atoms with E-state index in [1.54, 1.807) is 6.08 Å². The topological polar surface area (TPSA) is 59.6 Å². The summed E-state index contributed by atoms with van der Waals surface area (Å²) >= 11 is 0. The Morgan fingerprint density at radius 3 is 2.26 bits per heavy atom. The second-order valence-corrected chi connectivity index (χ2v) is 6.00. The number of nitrogens with one attached hydrogen (secondary N) is 2. The minimum atomic E-state index is -0.639. The van der Waals surface area contributed by atoms with Gasteiger partial charge in [-0.2, -0.15) is 0 Å². The van der Waals surface area contributed by atoms with Gasteiger partial charge in [0.25, 0.3) is 5.91 Å². The number of ether oxygens (including phenoxy) is 2. The average molecular weight is 324 g/mol. The molecule has 0 saturated carbocycles. The molecule has 2 saturated heterocycles. The van der Waals surface area contributed by atoms with Crippen LogP contribution in [0.1, 0.15) is 39.5 Å². The highest BCUT2D eigenvalue weighted by atomic mass is 16.5. The van der Waals surface area contributed by atoms with Crippen molar-refractivity contribution in [3.63, 3.8) is 0 Å². The number of hydrogen-bond acceptors (Lipinski definition) is 4. The molecule has 5 nitrogen and oxygen atoms in total. The van der Waals surface area contributed by atoms with E-state index in [0.717, 1.165) is 32.5 Å². The first-order valence-corrected chi connectivity index (χ1v) is 8.57. The third-order valence-electron chi connectivity index (χ3n) is 4.52. The summed E-state index contributed by atoms with van der Waals surface area (Å²) in [5.41, 5.74) is -0.597. The SMILES string of the molecule is C=CC[C@@]1(CC)OCCNC1=O.C=CC[C@]1(CC)CNCCO1. The van der Waals surface area contributed by atoms with Crippen molar-refractivity contribution < 1.29 is 14.3 Å². The Morgan fingerprint density at radius 2 is 1.78 bits per heavy atom. The Balaban J connectivity index is 0.000000231. The molecule has 0 aromatic rings. The first-order chi connectivity index (χ1) is 11.1. The van der Waals surface area contributed by atoms with Gasteiger partial charge in [-0.1, -0.05) is 26.0 Å². The van der Waals surface area contributed by atoms with Crippen molar-refractivity contribution in [2.75, 3.05) is 32.8 Å². The number of morpholine rings is 2. The summed E-state index contributed by atoms with van der Waals surface area (Å²) in [7, 11) is 0. The van der Waals surface area contributed by atoms with E-state index in [1.165, 1.54) is 0 Å². The molecule has 0 spiro atoms. The van der Waals surface area contributed by atoms with Gasteiger partial charge in [0.2, 0.25) is 0 Å². The van der Waals surface area contributed by atoms with Gasteiger partial charge in [-0.3, -0.25) is 4.79 Å². The van der Waals surface area contributed by atoms with Crippen molar-refractivity contribution in [3.8, 4) is 0 Å². The quantitative estimate of drug-likeness (QED) is 0.735. The maximum Gasteiger partial charge on any atom is 0.252 e. The van der Waals surface area contributed by atoms with Crippen molar-refractivity contribution in [2.24, 2.45) is 0 Å². The first-order valence-electron chi connectivity index (χ1n) is 8.57. The van der Waals surface area contributed by atoms with Crippen LogP contribution in [0.3, 0.4) is 0 Å². The molecular weight excluding hydrogens is 292 g/mol. The van der Waals surface area contributed by atoms with Crippen molar-refractivity contribution in [2.45, 2.75) is 50.7 Å². The van der Waals surface area contributed by atoms with E-state index >= 15 is 0 Å². The summed E-state index contributed by atoms with van der Waals surface area (Å²) in [5, 5.41) is 6.14. The van der Waals surface area contributed by atoms with Crippen LogP contribution in [0.2, 0.25) is 0 Å². The van der Waals surface area contributed by atoms with Crippen molar-refractivity contribution >= 4 is 5.91 Å². The van der Waals surface area contributed by atoms with Crippen LogP contribution in [0.5, 0.6) is 0 Å². The fourth-order valence-corrected chi connectivity index (χ4v) is 2.90. The summed E-state index contributed by atoms with van der Waals surface area (Å²) in [6.07, 6.45) is 6.98. The van der Waals surface area contributed by atoms with E-state index in [9.17, 15) is 4.79 Å². The van der Waals surface area contributed by atoms with Crippen LogP contribution in [-0.2, 0) is 14.3 Å².